The average Bonchev–Trinajstić information content (AvgIpc) is 3.81. The van der Waals surface area contributed by atoms with Crippen molar-refractivity contribution in [3.63, 3.8) is 0 Å². The molecule has 4 N–H and O–H groups in total. The second-order valence-corrected chi connectivity index (χ2v) is 15.4. The summed E-state index contributed by atoms with van der Waals surface area (Å²) in [4.78, 5) is 55.0. The fourth-order valence-electron chi connectivity index (χ4n) is 5.20. The molecule has 53 heavy (non-hydrogen) atoms. The van der Waals surface area contributed by atoms with Gasteiger partial charge in [-0.05, 0) is 88.3 Å². The Bertz CT molecular complexity index is 1920. The topological polar surface area (TPSA) is 163 Å². The molecule has 4 aromatic rings. The number of halogens is 2. The molecule has 8 heterocycles. The molecule has 17 heteroatoms. The molecule has 0 aliphatic carbocycles. The van der Waals surface area contributed by atoms with E-state index in [1.807, 2.05) is 52.7 Å². The molecular formula is C36H38Cl2N6O6S3. The molecular weight excluding hydrogens is 780 g/mol. The number of pyridine rings is 2. The summed E-state index contributed by atoms with van der Waals surface area (Å²) in [6.07, 6.45) is 11.4. The summed E-state index contributed by atoms with van der Waals surface area (Å²) in [6.45, 7) is 3.58. The van der Waals surface area contributed by atoms with Crippen LogP contribution in [0.1, 0.15) is 35.1 Å². The van der Waals surface area contributed by atoms with E-state index < -0.39 is 5.97 Å². The Hall–Kier alpha value is -4.25. The number of anilines is 2. The number of aliphatic carboxylic acids is 1. The van der Waals surface area contributed by atoms with Crippen molar-refractivity contribution in [1.82, 2.24) is 20.2 Å². The first-order chi connectivity index (χ1) is 24.8. The van der Waals surface area contributed by atoms with Gasteiger partial charge in [0.15, 0.2) is 5.06 Å². The van der Waals surface area contributed by atoms with Crippen LogP contribution in [0.2, 0.25) is 0 Å². The molecule has 4 aliphatic heterocycles. The van der Waals surface area contributed by atoms with Gasteiger partial charge in [0.05, 0.1) is 17.3 Å². The van der Waals surface area contributed by atoms with Crippen LogP contribution in [0.4, 0.5) is 11.6 Å². The van der Waals surface area contributed by atoms with Crippen LogP contribution in [-0.4, -0.2) is 81.2 Å². The Morgan fingerprint density at radius 3 is 1.94 bits per heavy atom. The third kappa shape index (κ3) is 12.4. The number of amides is 3. The van der Waals surface area contributed by atoms with Gasteiger partial charge in [-0.3, -0.25) is 14.4 Å². The zero-order valence-corrected chi connectivity index (χ0v) is 32.3. The summed E-state index contributed by atoms with van der Waals surface area (Å²) in [5.41, 5.74) is 3.52. The summed E-state index contributed by atoms with van der Waals surface area (Å²) in [5, 5.41) is 23.0. The van der Waals surface area contributed by atoms with Crippen LogP contribution in [0.25, 0.3) is 12.2 Å². The van der Waals surface area contributed by atoms with Crippen LogP contribution in [0.5, 0.6) is 5.06 Å². The number of likely N-dealkylation sites (tertiary alicyclic amines) is 1. The largest absolute Gasteiger partial charge is 0.478 e. The van der Waals surface area contributed by atoms with Gasteiger partial charge >= 0.3 is 5.97 Å². The van der Waals surface area contributed by atoms with Crippen LogP contribution >= 0.6 is 59.2 Å². The van der Waals surface area contributed by atoms with Gasteiger partial charge in [-0.2, -0.15) is 0 Å². The number of nitrogens with one attached hydrogen (secondary N) is 3. The maximum atomic E-state index is 12.2. The van der Waals surface area contributed by atoms with Gasteiger partial charge in [0.1, 0.15) is 17.7 Å². The zero-order valence-electron chi connectivity index (χ0n) is 28.3. The minimum absolute atomic E-state index is 0. The number of thioether (sulfide) groups is 1. The van der Waals surface area contributed by atoms with E-state index in [0.29, 0.717) is 50.4 Å². The van der Waals surface area contributed by atoms with Gasteiger partial charge in [0, 0.05) is 55.7 Å². The quantitative estimate of drug-likeness (QED) is 0.154. The SMILES string of the molecule is Cl.Cl.O=C(O)/C=C/c1cnc2c(c1)CCC(=O)N2.O=C1CCc2cc(/C=C/C(=O)N3CC(Oc4cccs4)C3)cnc2N1.c1csc(SC2CNC2)c1. The van der Waals surface area contributed by atoms with E-state index in [1.54, 1.807) is 34.6 Å². The van der Waals surface area contributed by atoms with Gasteiger partial charge in [0.2, 0.25) is 17.7 Å². The van der Waals surface area contributed by atoms with E-state index in [2.05, 4.69) is 43.4 Å². The zero-order chi connectivity index (χ0) is 35.6. The second-order valence-electron chi connectivity index (χ2n) is 11.9. The molecule has 0 atom stereocenters. The first-order valence-electron chi connectivity index (χ1n) is 16.3. The number of hydrogen-bond acceptors (Lipinski definition) is 11. The molecule has 0 radical (unpaired) electrons. The molecule has 4 aliphatic rings. The highest BCUT2D eigenvalue weighted by atomic mass is 35.5. The molecule has 280 valence electrons. The summed E-state index contributed by atoms with van der Waals surface area (Å²) in [7, 11) is 0. The summed E-state index contributed by atoms with van der Waals surface area (Å²) < 4.78 is 7.21. The summed E-state index contributed by atoms with van der Waals surface area (Å²) in [6, 6.07) is 12.0. The standard InChI is InChI=1S/C18H17N3O3S.C11H10N2O3.C7H9NS2.2ClH/c22-15-5-4-13-8-12(9-19-18(13)20-15)3-6-16(23)21-10-14(11-21)24-17-2-1-7-25-17;14-9-3-2-8-5-7(1-4-10(15)16)6-12-11(8)13-9;1-2-7(9-3-1)10-6-4-8-5-6;;/h1-3,6-9,14H,4-5,10-11H2,(H,19,20,22);1,4-6H,2-3H2,(H,15,16)(H,12,13,14);1-3,6,8H,4-5H2;2*1H/b6-3+;4-1+;;;. The Balaban J connectivity index is 0.000000192. The molecule has 12 nitrogen and oxygen atoms in total. The van der Waals surface area contributed by atoms with Crippen LogP contribution in [-0.2, 0) is 32.0 Å². The van der Waals surface area contributed by atoms with Crippen LogP contribution in [0, 0.1) is 0 Å². The monoisotopic (exact) mass is 816 g/mol. The van der Waals surface area contributed by atoms with E-state index in [0.717, 1.165) is 38.6 Å². The lowest BCUT2D eigenvalue weighted by Gasteiger charge is -2.37. The van der Waals surface area contributed by atoms with Gasteiger partial charge in [0.25, 0.3) is 0 Å². The van der Waals surface area contributed by atoms with Crippen LogP contribution in [0.3, 0.4) is 0 Å². The number of aromatic nitrogens is 2. The first-order valence-corrected chi connectivity index (χ1v) is 19.0. The number of carbonyl (C=O) groups excluding carboxylic acids is 3. The van der Waals surface area contributed by atoms with Gasteiger partial charge in [-0.1, -0.05) is 6.07 Å². The second kappa shape index (κ2) is 20.3. The Labute approximate surface area is 331 Å². The fourth-order valence-corrected chi connectivity index (χ4v) is 7.97. The van der Waals surface area contributed by atoms with E-state index in [9.17, 15) is 19.2 Å². The number of hydrogen-bond donors (Lipinski definition) is 4. The molecule has 0 spiro atoms. The highest BCUT2D eigenvalue weighted by molar-refractivity contribution is 8.01. The van der Waals surface area contributed by atoms with E-state index in [-0.39, 0.29) is 48.6 Å². The molecule has 3 amide bonds. The van der Waals surface area contributed by atoms with Crippen molar-refractivity contribution in [2.24, 2.45) is 0 Å². The van der Waals surface area contributed by atoms with E-state index in [4.69, 9.17) is 9.84 Å². The number of nitrogens with zero attached hydrogens (tertiary/aromatic N) is 3. The number of carboxylic acid groups (broad SMARTS) is 1. The third-order valence-corrected chi connectivity index (χ3v) is 11.1. The maximum Gasteiger partial charge on any atom is 0.328 e. The molecule has 0 unspecified atom stereocenters. The Kier molecular flexibility index (Phi) is 15.9. The summed E-state index contributed by atoms with van der Waals surface area (Å²) in [5.74, 6) is 0.132. The lowest BCUT2D eigenvalue weighted by Crippen LogP contribution is -2.55. The van der Waals surface area contributed by atoms with Crippen molar-refractivity contribution in [3.8, 4) is 5.06 Å². The van der Waals surface area contributed by atoms with Crippen molar-refractivity contribution in [3.05, 3.63) is 94.0 Å². The first kappa shape index (κ1) is 41.5. The average molecular weight is 818 g/mol. The minimum Gasteiger partial charge on any atom is -0.478 e. The number of carbonyl (C=O) groups is 4. The van der Waals surface area contributed by atoms with Gasteiger partial charge in [-0.15, -0.1) is 59.2 Å². The van der Waals surface area contributed by atoms with Crippen molar-refractivity contribution < 1.29 is 29.0 Å². The summed E-state index contributed by atoms with van der Waals surface area (Å²) >= 11 is 5.38. The number of rotatable bonds is 8. The normalized spacial score (nSPS) is 16.0. The Morgan fingerprint density at radius 2 is 1.43 bits per heavy atom. The molecule has 2 fully saturated rings. The van der Waals surface area contributed by atoms with Gasteiger partial charge in [-0.25, -0.2) is 14.8 Å². The van der Waals surface area contributed by atoms with Crippen molar-refractivity contribution in [1.29, 1.82) is 0 Å². The molecule has 0 aromatic carbocycles. The smallest absolute Gasteiger partial charge is 0.328 e. The molecule has 0 bridgehead atoms. The lowest BCUT2D eigenvalue weighted by atomic mass is 10.0. The molecule has 4 aromatic heterocycles. The molecule has 2 saturated heterocycles. The van der Waals surface area contributed by atoms with Gasteiger partial charge < -0.3 is 30.7 Å². The fraction of sp³-hybridized carbons (Fsp3) is 0.278. The van der Waals surface area contributed by atoms with Crippen molar-refractivity contribution in [2.75, 3.05) is 36.8 Å². The van der Waals surface area contributed by atoms with Crippen molar-refractivity contribution in [2.45, 2.75) is 41.2 Å². The highest BCUT2D eigenvalue weighted by Gasteiger charge is 2.31. The number of thiophene rings is 2. The number of ether oxygens (including phenoxy) is 1. The lowest BCUT2D eigenvalue weighted by molar-refractivity contribution is -0.134. The number of carboxylic acids is 1. The minimum atomic E-state index is -0.994. The predicted octanol–water partition coefficient (Wildman–Crippen LogP) is 6.05. The molecule has 8 rings (SSSR count). The van der Waals surface area contributed by atoms with Crippen LogP contribution in [0.15, 0.2) is 75.9 Å². The highest BCUT2D eigenvalue weighted by Crippen LogP contribution is 2.29. The number of aryl methyl sites for hydroxylation is 2. The molecule has 0 saturated carbocycles. The van der Waals surface area contributed by atoms with E-state index in [1.165, 1.54) is 29.6 Å². The predicted molar refractivity (Wildman–Crippen MR) is 215 cm³/mol. The van der Waals surface area contributed by atoms with Crippen molar-refractivity contribution >= 4 is 107 Å². The van der Waals surface area contributed by atoms with Crippen LogP contribution < -0.4 is 20.7 Å². The number of fused-ring (bicyclic) bond motifs is 2. The maximum absolute atomic E-state index is 12.2. The van der Waals surface area contributed by atoms with E-state index >= 15 is 0 Å². The third-order valence-electron chi connectivity index (χ3n) is 8.03. The Morgan fingerprint density at radius 1 is 0.849 bits per heavy atom.